The molecule has 1 atom stereocenters. The average molecular weight is 252 g/mol. The fraction of sp³-hybridized carbons (Fsp3) is 1.00. The van der Waals surface area contributed by atoms with Gasteiger partial charge in [0.1, 0.15) is 0 Å². The van der Waals surface area contributed by atoms with Gasteiger partial charge in [0, 0.05) is 31.2 Å². The topological polar surface area (TPSA) is 15.3 Å². The van der Waals surface area contributed by atoms with Crippen molar-refractivity contribution in [2.45, 2.75) is 71.4 Å². The van der Waals surface area contributed by atoms with Gasteiger partial charge >= 0.3 is 0 Å². The van der Waals surface area contributed by atoms with Crippen molar-refractivity contribution in [1.82, 2.24) is 10.2 Å². The van der Waals surface area contributed by atoms with E-state index in [4.69, 9.17) is 0 Å². The van der Waals surface area contributed by atoms with Crippen molar-refractivity contribution < 1.29 is 0 Å². The molecule has 2 fully saturated rings. The summed E-state index contributed by atoms with van der Waals surface area (Å²) in [5.41, 5.74) is 0.441. The van der Waals surface area contributed by atoms with Crippen LogP contribution in [-0.4, -0.2) is 36.1 Å². The molecule has 1 saturated heterocycles. The summed E-state index contributed by atoms with van der Waals surface area (Å²) >= 11 is 0. The van der Waals surface area contributed by atoms with Crippen molar-refractivity contribution in [2.24, 2.45) is 11.8 Å². The molecular weight excluding hydrogens is 220 g/mol. The van der Waals surface area contributed by atoms with Gasteiger partial charge in [-0.05, 0) is 43.9 Å². The Labute approximate surface area is 114 Å². The summed E-state index contributed by atoms with van der Waals surface area (Å²) in [5.74, 6) is 1.82. The van der Waals surface area contributed by atoms with Crippen LogP contribution in [0.2, 0.25) is 0 Å². The van der Waals surface area contributed by atoms with Gasteiger partial charge in [0.15, 0.2) is 0 Å². The first-order chi connectivity index (χ1) is 8.59. The molecule has 2 aliphatic rings. The lowest BCUT2D eigenvalue weighted by Crippen LogP contribution is -2.64. The highest BCUT2D eigenvalue weighted by atomic mass is 15.3. The van der Waals surface area contributed by atoms with Crippen LogP contribution in [-0.2, 0) is 0 Å². The largest absolute Gasteiger partial charge is 0.311 e. The highest BCUT2D eigenvalue weighted by Gasteiger charge is 2.40. The maximum atomic E-state index is 3.83. The second-order valence-electron chi connectivity index (χ2n) is 6.99. The summed E-state index contributed by atoms with van der Waals surface area (Å²) in [6.07, 6.45) is 6.85. The Kier molecular flexibility index (Phi) is 4.71. The summed E-state index contributed by atoms with van der Waals surface area (Å²) in [6.45, 7) is 13.3. The second-order valence-corrected chi connectivity index (χ2v) is 6.99. The molecule has 1 aliphatic carbocycles. The van der Waals surface area contributed by atoms with Gasteiger partial charge in [-0.25, -0.2) is 0 Å². The van der Waals surface area contributed by atoms with Crippen LogP contribution in [0.3, 0.4) is 0 Å². The molecule has 1 heterocycles. The molecule has 2 nitrogen and oxygen atoms in total. The zero-order valence-corrected chi connectivity index (χ0v) is 12.8. The maximum Gasteiger partial charge on any atom is 0.0329 e. The summed E-state index contributed by atoms with van der Waals surface area (Å²) in [6, 6.07) is 0.718. The molecule has 1 aliphatic heterocycles. The number of hydrogen-bond donors (Lipinski definition) is 1. The Balaban J connectivity index is 1.99. The summed E-state index contributed by atoms with van der Waals surface area (Å²) in [5, 5.41) is 3.83. The Morgan fingerprint density at radius 2 is 1.89 bits per heavy atom. The molecule has 0 amide bonds. The lowest BCUT2D eigenvalue weighted by atomic mass is 9.85. The van der Waals surface area contributed by atoms with Crippen molar-refractivity contribution in [3.8, 4) is 0 Å². The standard InChI is InChI=1S/C16H32N2/c1-5-16(6-2)12-17-15(9-13(3)4)11-18(16)10-14-7-8-14/h13-15,17H,5-12H2,1-4H3. The minimum Gasteiger partial charge on any atom is -0.311 e. The van der Waals surface area contributed by atoms with Crippen LogP contribution in [0.4, 0.5) is 0 Å². The lowest BCUT2D eigenvalue weighted by molar-refractivity contribution is 0.0238. The Morgan fingerprint density at radius 3 is 2.39 bits per heavy atom. The predicted octanol–water partition coefficient (Wildman–Crippen LogP) is 3.28. The van der Waals surface area contributed by atoms with Crippen LogP contribution in [0, 0.1) is 11.8 Å². The zero-order chi connectivity index (χ0) is 13.2. The van der Waals surface area contributed by atoms with Crippen LogP contribution in [0.5, 0.6) is 0 Å². The maximum absolute atomic E-state index is 3.83. The minimum atomic E-state index is 0.441. The molecule has 2 rings (SSSR count). The quantitative estimate of drug-likeness (QED) is 0.780. The van der Waals surface area contributed by atoms with Crippen molar-refractivity contribution >= 4 is 0 Å². The predicted molar refractivity (Wildman–Crippen MR) is 78.9 cm³/mol. The molecule has 0 spiro atoms. The molecule has 18 heavy (non-hydrogen) atoms. The van der Waals surface area contributed by atoms with Gasteiger partial charge in [0.2, 0.25) is 0 Å². The van der Waals surface area contributed by atoms with E-state index in [2.05, 4.69) is 37.9 Å². The molecule has 106 valence electrons. The normalized spacial score (nSPS) is 28.8. The zero-order valence-electron chi connectivity index (χ0n) is 12.8. The van der Waals surface area contributed by atoms with Gasteiger partial charge in [0.25, 0.3) is 0 Å². The third-order valence-electron chi connectivity index (χ3n) is 5.08. The second kappa shape index (κ2) is 5.92. The van der Waals surface area contributed by atoms with Gasteiger partial charge < -0.3 is 5.32 Å². The minimum absolute atomic E-state index is 0.441. The van der Waals surface area contributed by atoms with Crippen molar-refractivity contribution in [2.75, 3.05) is 19.6 Å². The Bertz CT molecular complexity index is 254. The molecule has 0 aromatic carbocycles. The molecule has 1 unspecified atom stereocenters. The molecule has 0 aromatic heterocycles. The van der Waals surface area contributed by atoms with E-state index in [0.29, 0.717) is 5.54 Å². The molecule has 2 heteroatoms. The summed E-state index contributed by atoms with van der Waals surface area (Å²) in [4.78, 5) is 2.84. The van der Waals surface area contributed by atoms with Gasteiger partial charge in [-0.15, -0.1) is 0 Å². The number of nitrogens with zero attached hydrogens (tertiary/aromatic N) is 1. The van der Waals surface area contributed by atoms with Crippen LogP contribution in [0.25, 0.3) is 0 Å². The molecule has 1 N–H and O–H groups in total. The van der Waals surface area contributed by atoms with Crippen LogP contribution in [0.15, 0.2) is 0 Å². The van der Waals surface area contributed by atoms with E-state index in [1.807, 2.05) is 0 Å². The van der Waals surface area contributed by atoms with Crippen LogP contribution >= 0.6 is 0 Å². The Hall–Kier alpha value is -0.0800. The summed E-state index contributed by atoms with van der Waals surface area (Å²) in [7, 11) is 0. The number of piperazine rings is 1. The van der Waals surface area contributed by atoms with E-state index in [-0.39, 0.29) is 0 Å². The first-order valence-electron chi connectivity index (χ1n) is 8.08. The third kappa shape index (κ3) is 3.27. The van der Waals surface area contributed by atoms with Gasteiger partial charge in [-0.2, -0.15) is 0 Å². The van der Waals surface area contributed by atoms with E-state index >= 15 is 0 Å². The fourth-order valence-electron chi connectivity index (χ4n) is 3.52. The Morgan fingerprint density at radius 1 is 1.22 bits per heavy atom. The molecule has 0 radical (unpaired) electrons. The van der Waals surface area contributed by atoms with Crippen molar-refractivity contribution in [3.05, 3.63) is 0 Å². The van der Waals surface area contributed by atoms with E-state index in [1.54, 1.807) is 0 Å². The first-order valence-corrected chi connectivity index (χ1v) is 8.08. The van der Waals surface area contributed by atoms with Crippen molar-refractivity contribution in [3.63, 3.8) is 0 Å². The number of rotatable bonds is 6. The number of nitrogens with one attached hydrogen (secondary N) is 1. The van der Waals surface area contributed by atoms with Crippen LogP contribution in [0.1, 0.15) is 59.8 Å². The van der Waals surface area contributed by atoms with Gasteiger partial charge in [-0.1, -0.05) is 27.7 Å². The molecule has 0 aromatic rings. The van der Waals surface area contributed by atoms with Crippen LogP contribution < -0.4 is 5.32 Å². The average Bonchev–Trinajstić information content (AvgIpc) is 3.13. The van der Waals surface area contributed by atoms with E-state index in [1.165, 1.54) is 51.7 Å². The van der Waals surface area contributed by atoms with E-state index in [9.17, 15) is 0 Å². The smallest absolute Gasteiger partial charge is 0.0329 e. The highest BCUT2D eigenvalue weighted by Crippen LogP contribution is 2.35. The number of hydrogen-bond acceptors (Lipinski definition) is 2. The van der Waals surface area contributed by atoms with E-state index in [0.717, 1.165) is 17.9 Å². The van der Waals surface area contributed by atoms with Gasteiger partial charge in [-0.3, -0.25) is 4.90 Å². The lowest BCUT2D eigenvalue weighted by Gasteiger charge is -2.50. The van der Waals surface area contributed by atoms with Gasteiger partial charge in [0.05, 0.1) is 0 Å². The highest BCUT2D eigenvalue weighted by molar-refractivity contribution is 4.99. The third-order valence-corrected chi connectivity index (χ3v) is 5.08. The fourth-order valence-corrected chi connectivity index (χ4v) is 3.52. The molecule has 0 bridgehead atoms. The molecule has 1 saturated carbocycles. The van der Waals surface area contributed by atoms with E-state index < -0.39 is 0 Å². The monoisotopic (exact) mass is 252 g/mol. The first kappa shape index (κ1) is 14.3. The van der Waals surface area contributed by atoms with Crippen molar-refractivity contribution in [1.29, 1.82) is 0 Å². The molecular formula is C16H32N2. The summed E-state index contributed by atoms with van der Waals surface area (Å²) < 4.78 is 0. The SMILES string of the molecule is CCC1(CC)CNC(CC(C)C)CN1CC1CC1.